The maximum absolute atomic E-state index is 12.3. The Balaban J connectivity index is 1.47. The summed E-state index contributed by atoms with van der Waals surface area (Å²) in [7, 11) is 0. The lowest BCUT2D eigenvalue weighted by molar-refractivity contribution is -0.121. The standard InChI is InChI=1S/C24H25NO3/c1-17(22-10-5-8-20-7-3-4-9-23(20)22)25-24(27)11-6-16-28-21-14-12-19(13-15-21)18(2)26/h3-5,7-10,12-15,17H,6,11,16H2,1-2H3,(H,25,27). The Morgan fingerprint density at radius 3 is 2.43 bits per heavy atom. The summed E-state index contributed by atoms with van der Waals surface area (Å²) in [6, 6.07) is 21.3. The largest absolute Gasteiger partial charge is 0.494 e. The van der Waals surface area contributed by atoms with Crippen LogP contribution in [0.25, 0.3) is 10.8 Å². The number of hydrogen-bond donors (Lipinski definition) is 1. The first-order valence-electron chi connectivity index (χ1n) is 9.55. The van der Waals surface area contributed by atoms with E-state index in [2.05, 4.69) is 29.6 Å². The molecule has 3 rings (SSSR count). The maximum atomic E-state index is 12.3. The second kappa shape index (κ2) is 9.18. The van der Waals surface area contributed by atoms with Gasteiger partial charge in [0.1, 0.15) is 5.75 Å². The molecule has 3 aromatic carbocycles. The molecule has 1 atom stereocenters. The van der Waals surface area contributed by atoms with Crippen LogP contribution in [0, 0.1) is 0 Å². The second-order valence-electron chi connectivity index (χ2n) is 6.89. The van der Waals surface area contributed by atoms with Crippen molar-refractivity contribution in [2.24, 2.45) is 0 Å². The smallest absolute Gasteiger partial charge is 0.220 e. The van der Waals surface area contributed by atoms with Crippen molar-refractivity contribution >= 4 is 22.5 Å². The van der Waals surface area contributed by atoms with Gasteiger partial charge in [0, 0.05) is 12.0 Å². The molecular weight excluding hydrogens is 350 g/mol. The number of hydrogen-bond acceptors (Lipinski definition) is 3. The normalized spacial score (nSPS) is 11.8. The van der Waals surface area contributed by atoms with E-state index in [9.17, 15) is 9.59 Å². The topological polar surface area (TPSA) is 55.4 Å². The van der Waals surface area contributed by atoms with Gasteiger partial charge in [0.05, 0.1) is 12.6 Å². The van der Waals surface area contributed by atoms with E-state index >= 15 is 0 Å². The molecule has 4 nitrogen and oxygen atoms in total. The SMILES string of the molecule is CC(=O)c1ccc(OCCCC(=O)NC(C)c2cccc3ccccc23)cc1. The van der Waals surface area contributed by atoms with Gasteiger partial charge in [-0.2, -0.15) is 0 Å². The Kier molecular flexibility index (Phi) is 6.43. The molecule has 4 heteroatoms. The number of fused-ring (bicyclic) bond motifs is 1. The molecule has 0 bridgehead atoms. The average Bonchev–Trinajstić information content (AvgIpc) is 2.71. The summed E-state index contributed by atoms with van der Waals surface area (Å²) in [6.45, 7) is 4.00. The molecule has 1 N–H and O–H groups in total. The van der Waals surface area contributed by atoms with Gasteiger partial charge in [0.15, 0.2) is 5.78 Å². The third kappa shape index (κ3) is 4.97. The molecular formula is C24H25NO3. The van der Waals surface area contributed by atoms with Crippen molar-refractivity contribution < 1.29 is 14.3 Å². The molecule has 1 unspecified atom stereocenters. The fourth-order valence-electron chi connectivity index (χ4n) is 3.23. The van der Waals surface area contributed by atoms with Crippen molar-refractivity contribution in [1.82, 2.24) is 5.32 Å². The van der Waals surface area contributed by atoms with Crippen molar-refractivity contribution in [2.45, 2.75) is 32.7 Å². The molecule has 3 aromatic rings. The first-order valence-corrected chi connectivity index (χ1v) is 9.55. The third-order valence-electron chi connectivity index (χ3n) is 4.75. The third-order valence-corrected chi connectivity index (χ3v) is 4.75. The lowest BCUT2D eigenvalue weighted by Crippen LogP contribution is -2.26. The summed E-state index contributed by atoms with van der Waals surface area (Å²) < 4.78 is 5.65. The van der Waals surface area contributed by atoms with Crippen LogP contribution in [0.1, 0.15) is 48.7 Å². The summed E-state index contributed by atoms with van der Waals surface area (Å²) in [6.07, 6.45) is 1.03. The molecule has 0 saturated carbocycles. The van der Waals surface area contributed by atoms with Crippen LogP contribution in [0.2, 0.25) is 0 Å². The molecule has 0 spiro atoms. The van der Waals surface area contributed by atoms with E-state index in [1.54, 1.807) is 24.3 Å². The van der Waals surface area contributed by atoms with Crippen LogP contribution in [-0.4, -0.2) is 18.3 Å². The summed E-state index contributed by atoms with van der Waals surface area (Å²) >= 11 is 0. The summed E-state index contributed by atoms with van der Waals surface area (Å²) in [5, 5.41) is 5.41. The van der Waals surface area contributed by atoms with Crippen molar-refractivity contribution in [3.05, 3.63) is 77.9 Å². The van der Waals surface area contributed by atoms with Gasteiger partial charge in [-0.15, -0.1) is 0 Å². The van der Waals surface area contributed by atoms with Crippen molar-refractivity contribution in [3.63, 3.8) is 0 Å². The molecule has 28 heavy (non-hydrogen) atoms. The highest BCUT2D eigenvalue weighted by molar-refractivity contribution is 5.94. The molecule has 0 aliphatic rings. The van der Waals surface area contributed by atoms with Gasteiger partial charge in [-0.1, -0.05) is 42.5 Å². The quantitative estimate of drug-likeness (QED) is 0.441. The van der Waals surface area contributed by atoms with Crippen LogP contribution in [-0.2, 0) is 4.79 Å². The lowest BCUT2D eigenvalue weighted by Gasteiger charge is -2.16. The van der Waals surface area contributed by atoms with E-state index in [1.807, 2.05) is 25.1 Å². The number of benzene rings is 3. The number of carbonyl (C=O) groups excluding carboxylic acids is 2. The molecule has 0 radical (unpaired) electrons. The number of ether oxygens (including phenoxy) is 1. The van der Waals surface area contributed by atoms with Gasteiger partial charge < -0.3 is 10.1 Å². The minimum absolute atomic E-state index is 0.0101. The fraction of sp³-hybridized carbons (Fsp3) is 0.250. The number of carbonyl (C=O) groups is 2. The van der Waals surface area contributed by atoms with E-state index in [-0.39, 0.29) is 17.7 Å². The zero-order valence-corrected chi connectivity index (χ0v) is 16.3. The highest BCUT2D eigenvalue weighted by Gasteiger charge is 2.12. The minimum atomic E-state index is -0.0568. The van der Waals surface area contributed by atoms with Crippen molar-refractivity contribution in [1.29, 1.82) is 0 Å². The highest BCUT2D eigenvalue weighted by Crippen LogP contribution is 2.24. The van der Waals surface area contributed by atoms with Crippen LogP contribution in [0.5, 0.6) is 5.75 Å². The molecule has 0 fully saturated rings. The average molecular weight is 375 g/mol. The van der Waals surface area contributed by atoms with Gasteiger partial charge in [-0.05, 0) is 60.9 Å². The van der Waals surface area contributed by atoms with Gasteiger partial charge in [0.25, 0.3) is 0 Å². The monoisotopic (exact) mass is 375 g/mol. The Hall–Kier alpha value is -3.14. The molecule has 1 amide bonds. The fourth-order valence-corrected chi connectivity index (χ4v) is 3.23. The summed E-state index contributed by atoms with van der Waals surface area (Å²) in [4.78, 5) is 23.6. The number of Topliss-reactive ketones (excluding diaryl/α,β-unsaturated/α-hetero) is 1. The first-order chi connectivity index (χ1) is 13.5. The number of amides is 1. The van der Waals surface area contributed by atoms with Gasteiger partial charge in [0.2, 0.25) is 5.91 Å². The predicted molar refractivity (Wildman–Crippen MR) is 112 cm³/mol. The maximum Gasteiger partial charge on any atom is 0.220 e. The molecule has 0 saturated heterocycles. The minimum Gasteiger partial charge on any atom is -0.494 e. The summed E-state index contributed by atoms with van der Waals surface area (Å²) in [5.74, 6) is 0.744. The van der Waals surface area contributed by atoms with Crippen molar-refractivity contribution in [2.75, 3.05) is 6.61 Å². The number of nitrogens with one attached hydrogen (secondary N) is 1. The lowest BCUT2D eigenvalue weighted by atomic mass is 9.99. The van der Waals surface area contributed by atoms with Crippen LogP contribution < -0.4 is 10.1 Å². The molecule has 0 aliphatic heterocycles. The molecule has 0 heterocycles. The number of ketones is 1. The Bertz CT molecular complexity index is 958. The zero-order valence-electron chi connectivity index (χ0n) is 16.3. The van der Waals surface area contributed by atoms with E-state index < -0.39 is 0 Å². The van der Waals surface area contributed by atoms with Crippen LogP contribution in [0.3, 0.4) is 0 Å². The van der Waals surface area contributed by atoms with Gasteiger partial charge >= 0.3 is 0 Å². The van der Waals surface area contributed by atoms with Crippen LogP contribution >= 0.6 is 0 Å². The van der Waals surface area contributed by atoms with Crippen molar-refractivity contribution in [3.8, 4) is 5.75 Å². The van der Waals surface area contributed by atoms with Crippen LogP contribution in [0.4, 0.5) is 0 Å². The van der Waals surface area contributed by atoms with Gasteiger partial charge in [-0.3, -0.25) is 9.59 Å². The first kappa shape index (κ1) is 19.6. The van der Waals surface area contributed by atoms with E-state index in [1.165, 1.54) is 12.3 Å². The van der Waals surface area contributed by atoms with Gasteiger partial charge in [-0.25, -0.2) is 0 Å². The molecule has 0 aliphatic carbocycles. The van der Waals surface area contributed by atoms with Crippen LogP contribution in [0.15, 0.2) is 66.7 Å². The Morgan fingerprint density at radius 2 is 1.68 bits per heavy atom. The molecule has 144 valence electrons. The van der Waals surface area contributed by atoms with E-state index in [4.69, 9.17) is 4.74 Å². The highest BCUT2D eigenvalue weighted by atomic mass is 16.5. The summed E-state index contributed by atoms with van der Waals surface area (Å²) in [5.41, 5.74) is 1.78. The van der Waals surface area contributed by atoms with E-state index in [0.29, 0.717) is 30.8 Å². The molecule has 0 aromatic heterocycles. The van der Waals surface area contributed by atoms with E-state index in [0.717, 1.165) is 10.9 Å². The Labute approximate surface area is 165 Å². The number of rotatable bonds is 8. The second-order valence-corrected chi connectivity index (χ2v) is 6.89. The zero-order chi connectivity index (χ0) is 19.9. The Morgan fingerprint density at radius 1 is 0.964 bits per heavy atom. The predicted octanol–water partition coefficient (Wildman–Crippen LogP) is 5.08.